The summed E-state index contributed by atoms with van der Waals surface area (Å²) in [7, 11) is -7.34. The molecular formula is C15H15Cl2N5O6S2. The Kier molecular flexibility index (Phi) is 6.38. The zero-order chi connectivity index (χ0) is 22.1. The number of amides is 2. The zero-order valence-electron chi connectivity index (χ0n) is 15.3. The van der Waals surface area contributed by atoms with Gasteiger partial charge >= 0.3 is 6.03 Å². The van der Waals surface area contributed by atoms with E-state index < -0.39 is 35.9 Å². The Balaban J connectivity index is 1.89. The fourth-order valence-corrected chi connectivity index (χ4v) is 6.60. The van der Waals surface area contributed by atoms with E-state index in [-0.39, 0.29) is 41.5 Å². The summed E-state index contributed by atoms with van der Waals surface area (Å²) in [5.41, 5.74) is 0.284. The number of halogens is 2. The van der Waals surface area contributed by atoms with Crippen LogP contribution >= 0.6 is 23.2 Å². The Morgan fingerprint density at radius 3 is 2.73 bits per heavy atom. The van der Waals surface area contributed by atoms with E-state index in [1.54, 1.807) is 4.72 Å². The maximum atomic E-state index is 12.8. The zero-order valence-corrected chi connectivity index (χ0v) is 18.4. The predicted octanol–water partition coefficient (Wildman–Crippen LogP) is 1.39. The molecule has 1 aliphatic heterocycles. The number of nitrogens with one attached hydrogen (secondary N) is 2. The van der Waals surface area contributed by atoms with Crippen molar-refractivity contribution < 1.29 is 26.4 Å². The molecule has 30 heavy (non-hydrogen) atoms. The number of anilines is 1. The Labute approximate surface area is 182 Å². The van der Waals surface area contributed by atoms with Gasteiger partial charge in [-0.15, -0.1) is 11.6 Å². The van der Waals surface area contributed by atoms with Gasteiger partial charge in [0.1, 0.15) is 14.9 Å². The van der Waals surface area contributed by atoms with Gasteiger partial charge < -0.3 is 4.74 Å². The van der Waals surface area contributed by atoms with Crippen molar-refractivity contribution in [3.8, 4) is 5.88 Å². The molecule has 2 N–H and O–H groups in total. The molecule has 162 valence electrons. The lowest BCUT2D eigenvalue weighted by Gasteiger charge is -2.14. The minimum Gasteiger partial charge on any atom is -0.481 e. The van der Waals surface area contributed by atoms with E-state index in [1.807, 2.05) is 0 Å². The first-order valence-corrected chi connectivity index (χ1v) is 12.0. The van der Waals surface area contributed by atoms with Crippen molar-refractivity contribution in [2.24, 2.45) is 0 Å². The topological polar surface area (TPSA) is 148 Å². The molecule has 1 aromatic heterocycles. The molecule has 15 heteroatoms. The lowest BCUT2D eigenvalue weighted by Crippen LogP contribution is -2.36. The van der Waals surface area contributed by atoms with Crippen molar-refractivity contribution >= 4 is 55.2 Å². The number of benzene rings is 1. The van der Waals surface area contributed by atoms with Gasteiger partial charge in [0.05, 0.1) is 7.11 Å². The minimum absolute atomic E-state index is 0.0138. The van der Waals surface area contributed by atoms with Crippen LogP contribution in [0.2, 0.25) is 5.15 Å². The molecule has 11 nitrogen and oxygen atoms in total. The molecule has 2 heterocycles. The van der Waals surface area contributed by atoms with Gasteiger partial charge in [-0.1, -0.05) is 23.7 Å². The van der Waals surface area contributed by atoms with E-state index in [9.17, 15) is 21.6 Å². The fourth-order valence-electron chi connectivity index (χ4n) is 2.75. The van der Waals surface area contributed by atoms with Crippen LogP contribution in [-0.2, 0) is 26.6 Å². The van der Waals surface area contributed by atoms with Crippen molar-refractivity contribution in [3.63, 3.8) is 0 Å². The Morgan fingerprint density at radius 2 is 2.07 bits per heavy atom. The number of carbonyl (C=O) groups excluding carboxylic acids is 1. The van der Waals surface area contributed by atoms with Crippen molar-refractivity contribution in [1.82, 2.24) is 19.0 Å². The average Bonchev–Trinajstić information content (AvgIpc) is 2.91. The number of carbonyl (C=O) groups is 1. The van der Waals surface area contributed by atoms with E-state index in [1.165, 1.54) is 25.3 Å². The molecule has 1 aromatic carbocycles. The molecule has 0 radical (unpaired) electrons. The van der Waals surface area contributed by atoms with Crippen LogP contribution in [0.25, 0.3) is 0 Å². The summed E-state index contributed by atoms with van der Waals surface area (Å²) >= 11 is 11.4. The van der Waals surface area contributed by atoms with Crippen LogP contribution < -0.4 is 14.8 Å². The fraction of sp³-hybridized carbons (Fsp3) is 0.267. The number of hydrogen-bond acceptors (Lipinski definition) is 8. The maximum Gasteiger partial charge on any atom is 0.335 e. The third-order valence-corrected chi connectivity index (χ3v) is 7.82. The van der Waals surface area contributed by atoms with Crippen LogP contribution in [0.4, 0.5) is 10.7 Å². The van der Waals surface area contributed by atoms with Gasteiger partial charge in [-0.3, -0.25) is 5.32 Å². The molecule has 2 amide bonds. The molecule has 2 aromatic rings. The quantitative estimate of drug-likeness (QED) is 0.451. The highest BCUT2D eigenvalue weighted by molar-refractivity contribution is 7.93. The Morgan fingerprint density at radius 1 is 1.33 bits per heavy atom. The third kappa shape index (κ3) is 4.44. The SMILES string of the molecule is COc1cc(Cl)nc(NC(=O)NS(=O)(=O)c2cccc3c2S(=O)(=O)N(CCCl)C3)n1. The van der Waals surface area contributed by atoms with E-state index in [0.29, 0.717) is 0 Å². The second-order valence-electron chi connectivity index (χ2n) is 5.89. The normalized spacial score (nSPS) is 15.4. The molecule has 3 rings (SSSR count). The van der Waals surface area contributed by atoms with Crippen molar-refractivity contribution in [1.29, 1.82) is 0 Å². The minimum atomic E-state index is -4.56. The number of sulfonamides is 2. The largest absolute Gasteiger partial charge is 0.481 e. The average molecular weight is 496 g/mol. The van der Waals surface area contributed by atoms with Crippen molar-refractivity contribution in [3.05, 3.63) is 35.0 Å². The van der Waals surface area contributed by atoms with E-state index in [4.69, 9.17) is 27.9 Å². The van der Waals surface area contributed by atoms with Crippen LogP contribution in [0.3, 0.4) is 0 Å². The highest BCUT2D eigenvalue weighted by Crippen LogP contribution is 2.35. The van der Waals surface area contributed by atoms with Crippen LogP contribution in [0.5, 0.6) is 5.88 Å². The second kappa shape index (κ2) is 8.51. The number of ether oxygens (including phenoxy) is 1. The van der Waals surface area contributed by atoms with Crippen LogP contribution in [0, 0.1) is 0 Å². The third-order valence-electron chi connectivity index (χ3n) is 3.96. The number of rotatable bonds is 6. The summed E-state index contributed by atoms with van der Waals surface area (Å²) in [5.74, 6) is -0.232. The number of aromatic nitrogens is 2. The van der Waals surface area contributed by atoms with Gasteiger partial charge in [-0.2, -0.15) is 9.29 Å². The van der Waals surface area contributed by atoms with E-state index in [0.717, 1.165) is 10.4 Å². The summed E-state index contributed by atoms with van der Waals surface area (Å²) in [6, 6.07) is 4.04. The summed E-state index contributed by atoms with van der Waals surface area (Å²) < 4.78 is 58.7. The molecular weight excluding hydrogens is 481 g/mol. The van der Waals surface area contributed by atoms with Crippen LogP contribution in [0.15, 0.2) is 34.1 Å². The lowest BCUT2D eigenvalue weighted by molar-refractivity contribution is 0.256. The summed E-state index contributed by atoms with van der Waals surface area (Å²) in [4.78, 5) is 18.8. The van der Waals surface area contributed by atoms with Gasteiger partial charge in [0.15, 0.2) is 0 Å². The van der Waals surface area contributed by atoms with Gasteiger partial charge in [-0.05, 0) is 11.6 Å². The molecule has 0 unspecified atom stereocenters. The van der Waals surface area contributed by atoms with E-state index in [2.05, 4.69) is 15.3 Å². The van der Waals surface area contributed by atoms with E-state index >= 15 is 0 Å². The van der Waals surface area contributed by atoms with Gasteiger partial charge in [0.25, 0.3) is 10.0 Å². The standard InChI is InChI=1S/C15H15Cl2N5O6S2/c1-28-12-7-11(17)18-14(19-12)20-15(23)21-29(24,25)10-4-2-3-9-8-22(6-5-16)30(26,27)13(9)10/h2-4,7H,5-6,8H2,1H3,(H2,18,19,20,21,23). The first-order chi connectivity index (χ1) is 14.1. The first kappa shape index (κ1) is 22.5. The highest BCUT2D eigenvalue weighted by atomic mass is 35.5. The smallest absolute Gasteiger partial charge is 0.335 e. The summed E-state index contributed by atoms with van der Waals surface area (Å²) in [6.45, 7) is -0.00397. The molecule has 0 saturated carbocycles. The monoisotopic (exact) mass is 495 g/mol. The van der Waals surface area contributed by atoms with Gasteiger partial charge in [0.2, 0.25) is 21.9 Å². The maximum absolute atomic E-state index is 12.8. The molecule has 0 spiro atoms. The molecule has 0 saturated heterocycles. The second-order valence-corrected chi connectivity index (χ2v) is 10.2. The van der Waals surface area contributed by atoms with Crippen molar-refractivity contribution in [2.75, 3.05) is 24.9 Å². The van der Waals surface area contributed by atoms with Crippen molar-refractivity contribution in [2.45, 2.75) is 16.3 Å². The van der Waals surface area contributed by atoms with Crippen LogP contribution in [0.1, 0.15) is 5.56 Å². The van der Waals surface area contributed by atoms with Gasteiger partial charge in [-0.25, -0.2) is 31.3 Å². The number of fused-ring (bicyclic) bond motifs is 1. The van der Waals surface area contributed by atoms with Crippen LogP contribution in [-0.4, -0.2) is 56.7 Å². The number of alkyl halides is 1. The Bertz CT molecular complexity index is 1210. The lowest BCUT2D eigenvalue weighted by atomic mass is 10.2. The molecule has 0 fully saturated rings. The number of hydrogen-bond donors (Lipinski definition) is 2. The molecule has 0 bridgehead atoms. The number of nitrogens with zero attached hydrogens (tertiary/aromatic N) is 3. The highest BCUT2D eigenvalue weighted by Gasteiger charge is 2.39. The Hall–Kier alpha value is -2.19. The van der Waals surface area contributed by atoms with Gasteiger partial charge in [0, 0.05) is 25.0 Å². The first-order valence-electron chi connectivity index (χ1n) is 8.19. The summed E-state index contributed by atoms with van der Waals surface area (Å²) in [6.07, 6.45) is 0. The molecule has 1 aliphatic rings. The predicted molar refractivity (Wildman–Crippen MR) is 108 cm³/mol. The summed E-state index contributed by atoms with van der Waals surface area (Å²) in [5, 5.41) is 2.06. The number of methoxy groups -OCH3 is 1. The number of urea groups is 1. The molecule has 0 aliphatic carbocycles. The molecule has 0 atom stereocenters.